The van der Waals surface area contributed by atoms with Crippen LogP contribution in [0.1, 0.15) is 18.4 Å². The second-order valence-corrected chi connectivity index (χ2v) is 4.76. The number of alkyl halides is 1. The molecule has 1 unspecified atom stereocenters. The number of ketones is 1. The molecule has 116 valence electrons. The van der Waals surface area contributed by atoms with Crippen molar-refractivity contribution in [3.8, 4) is 0 Å². The van der Waals surface area contributed by atoms with Crippen LogP contribution in [-0.4, -0.2) is 37.5 Å². The zero-order valence-corrected chi connectivity index (χ0v) is 12.8. The maximum atomic E-state index is 11.7. The molecule has 0 aliphatic carbocycles. The minimum Gasteiger partial charge on any atom is -0.445 e. The van der Waals surface area contributed by atoms with E-state index in [9.17, 15) is 9.59 Å². The van der Waals surface area contributed by atoms with Crippen LogP contribution in [0.2, 0.25) is 0 Å². The highest BCUT2D eigenvalue weighted by Crippen LogP contribution is 2.04. The highest BCUT2D eigenvalue weighted by atomic mass is 35.5. The van der Waals surface area contributed by atoms with Crippen LogP contribution < -0.4 is 5.32 Å². The van der Waals surface area contributed by atoms with Crippen LogP contribution in [0.4, 0.5) is 4.79 Å². The number of hydrogen-bond acceptors (Lipinski definition) is 4. The van der Waals surface area contributed by atoms with Gasteiger partial charge in [0.15, 0.2) is 5.78 Å². The van der Waals surface area contributed by atoms with Crippen molar-refractivity contribution >= 4 is 23.5 Å². The normalized spacial score (nSPS) is 11.7. The van der Waals surface area contributed by atoms with Gasteiger partial charge in [0.1, 0.15) is 6.61 Å². The molecular weight excluding hydrogens is 294 g/mol. The molecule has 0 bridgehead atoms. The summed E-state index contributed by atoms with van der Waals surface area (Å²) in [4.78, 5) is 23.4. The number of ether oxygens (including phenoxy) is 2. The van der Waals surface area contributed by atoms with Crippen molar-refractivity contribution < 1.29 is 19.1 Å². The number of halogens is 1. The summed E-state index contributed by atoms with van der Waals surface area (Å²) in [6, 6.07) is 8.68. The highest BCUT2D eigenvalue weighted by molar-refractivity contribution is 6.28. The van der Waals surface area contributed by atoms with Gasteiger partial charge in [0.25, 0.3) is 0 Å². The van der Waals surface area contributed by atoms with Gasteiger partial charge in [-0.15, -0.1) is 11.6 Å². The Morgan fingerprint density at radius 1 is 1.29 bits per heavy atom. The van der Waals surface area contributed by atoms with Gasteiger partial charge in [-0.1, -0.05) is 30.3 Å². The molecule has 0 aromatic heterocycles. The van der Waals surface area contributed by atoms with E-state index < -0.39 is 12.1 Å². The number of rotatable bonds is 9. The first-order chi connectivity index (χ1) is 10.2. The van der Waals surface area contributed by atoms with Crippen LogP contribution in [0.25, 0.3) is 0 Å². The van der Waals surface area contributed by atoms with Crippen molar-refractivity contribution in [2.24, 2.45) is 0 Å². The van der Waals surface area contributed by atoms with Gasteiger partial charge in [-0.25, -0.2) is 4.79 Å². The van der Waals surface area contributed by atoms with Gasteiger partial charge in [-0.05, 0) is 18.4 Å². The SMILES string of the molecule is COCCCC(NC(=O)OCc1ccccc1)C(=O)CCl. The van der Waals surface area contributed by atoms with Crippen molar-refractivity contribution in [3.63, 3.8) is 0 Å². The number of carbonyl (C=O) groups is 2. The van der Waals surface area contributed by atoms with Crippen molar-refractivity contribution in [1.82, 2.24) is 5.32 Å². The van der Waals surface area contributed by atoms with E-state index in [0.29, 0.717) is 19.4 Å². The molecule has 0 heterocycles. The minimum atomic E-state index is -0.638. The Bertz CT molecular complexity index is 439. The molecule has 6 heteroatoms. The van der Waals surface area contributed by atoms with Crippen LogP contribution in [0.15, 0.2) is 30.3 Å². The lowest BCUT2D eigenvalue weighted by Gasteiger charge is -2.16. The predicted molar refractivity (Wildman–Crippen MR) is 80.4 cm³/mol. The number of hydrogen-bond donors (Lipinski definition) is 1. The lowest BCUT2D eigenvalue weighted by molar-refractivity contribution is -0.118. The Labute approximate surface area is 129 Å². The Morgan fingerprint density at radius 2 is 2.00 bits per heavy atom. The molecule has 0 saturated carbocycles. The van der Waals surface area contributed by atoms with Crippen LogP contribution in [0, 0.1) is 0 Å². The molecular formula is C15H20ClNO4. The molecule has 0 spiro atoms. The maximum Gasteiger partial charge on any atom is 0.408 e. The number of amides is 1. The topological polar surface area (TPSA) is 64.6 Å². The zero-order chi connectivity index (χ0) is 15.5. The van der Waals surface area contributed by atoms with Crippen molar-refractivity contribution in [2.75, 3.05) is 19.6 Å². The smallest absolute Gasteiger partial charge is 0.408 e. The van der Waals surface area contributed by atoms with E-state index >= 15 is 0 Å². The molecule has 5 nitrogen and oxygen atoms in total. The van der Waals surface area contributed by atoms with Crippen LogP contribution >= 0.6 is 11.6 Å². The Balaban J connectivity index is 2.41. The lowest BCUT2D eigenvalue weighted by atomic mass is 10.1. The first-order valence-electron chi connectivity index (χ1n) is 6.72. The summed E-state index contributed by atoms with van der Waals surface area (Å²) in [5.41, 5.74) is 0.882. The molecule has 0 saturated heterocycles. The molecule has 0 radical (unpaired) electrons. The third-order valence-corrected chi connectivity index (χ3v) is 3.13. The van der Waals surface area contributed by atoms with Gasteiger partial charge in [0, 0.05) is 13.7 Å². The lowest BCUT2D eigenvalue weighted by Crippen LogP contribution is -2.41. The maximum absolute atomic E-state index is 11.7. The van der Waals surface area contributed by atoms with Crippen LogP contribution in [0.5, 0.6) is 0 Å². The number of benzene rings is 1. The number of carbonyl (C=O) groups excluding carboxylic acids is 2. The number of alkyl carbamates (subject to hydrolysis) is 1. The van der Waals surface area contributed by atoms with Gasteiger partial charge in [-0.2, -0.15) is 0 Å². The van der Waals surface area contributed by atoms with Gasteiger partial charge >= 0.3 is 6.09 Å². The summed E-state index contributed by atoms with van der Waals surface area (Å²) in [5, 5.41) is 2.55. The standard InChI is InChI=1S/C15H20ClNO4/c1-20-9-5-8-13(14(18)10-16)17-15(19)21-11-12-6-3-2-4-7-12/h2-4,6-7,13H,5,8-11H2,1H3,(H,17,19). The average Bonchev–Trinajstić information content (AvgIpc) is 2.52. The van der Waals surface area contributed by atoms with Gasteiger partial charge in [0.05, 0.1) is 11.9 Å². The molecule has 1 aromatic rings. The van der Waals surface area contributed by atoms with E-state index in [1.807, 2.05) is 30.3 Å². The predicted octanol–water partition coefficient (Wildman–Crippen LogP) is 2.52. The van der Waals surface area contributed by atoms with E-state index in [1.54, 1.807) is 7.11 Å². The van der Waals surface area contributed by atoms with Crippen molar-refractivity contribution in [3.05, 3.63) is 35.9 Å². The van der Waals surface area contributed by atoms with E-state index in [4.69, 9.17) is 21.1 Å². The Hall–Kier alpha value is -1.59. The summed E-state index contributed by atoms with van der Waals surface area (Å²) < 4.78 is 10.0. The van der Waals surface area contributed by atoms with E-state index in [2.05, 4.69) is 5.32 Å². The second kappa shape index (κ2) is 10.2. The summed E-state index contributed by atoms with van der Waals surface area (Å²) in [6.45, 7) is 0.680. The molecule has 1 N–H and O–H groups in total. The molecule has 1 amide bonds. The summed E-state index contributed by atoms with van der Waals surface area (Å²) in [7, 11) is 1.58. The van der Waals surface area contributed by atoms with Gasteiger partial charge in [0.2, 0.25) is 0 Å². The van der Waals surface area contributed by atoms with Crippen molar-refractivity contribution in [2.45, 2.75) is 25.5 Å². The molecule has 1 aromatic carbocycles. The first-order valence-corrected chi connectivity index (χ1v) is 7.25. The minimum absolute atomic E-state index is 0.142. The molecule has 0 aliphatic rings. The monoisotopic (exact) mass is 313 g/mol. The van der Waals surface area contributed by atoms with E-state index in [0.717, 1.165) is 5.56 Å². The van der Waals surface area contributed by atoms with Gasteiger partial charge in [-0.3, -0.25) is 4.79 Å². The average molecular weight is 314 g/mol. The third kappa shape index (κ3) is 7.11. The third-order valence-electron chi connectivity index (χ3n) is 2.87. The molecule has 0 aliphatic heterocycles. The largest absolute Gasteiger partial charge is 0.445 e. The first kappa shape index (κ1) is 17.5. The highest BCUT2D eigenvalue weighted by Gasteiger charge is 2.20. The molecule has 21 heavy (non-hydrogen) atoms. The van der Waals surface area contributed by atoms with Crippen LogP contribution in [0.3, 0.4) is 0 Å². The van der Waals surface area contributed by atoms with E-state index in [-0.39, 0.29) is 18.3 Å². The number of Topliss-reactive ketones (excluding diaryl/α,β-unsaturated/α-hetero) is 1. The number of methoxy groups -OCH3 is 1. The quantitative estimate of drug-likeness (QED) is 0.562. The molecule has 0 fully saturated rings. The summed E-state index contributed by atoms with van der Waals surface area (Å²) in [6.07, 6.45) is 0.502. The second-order valence-electron chi connectivity index (χ2n) is 4.49. The Morgan fingerprint density at radius 3 is 2.62 bits per heavy atom. The Kier molecular flexibility index (Phi) is 8.47. The number of nitrogens with one attached hydrogen (secondary N) is 1. The fraction of sp³-hybridized carbons (Fsp3) is 0.467. The fourth-order valence-corrected chi connectivity index (χ4v) is 1.93. The zero-order valence-electron chi connectivity index (χ0n) is 12.0. The van der Waals surface area contributed by atoms with E-state index in [1.165, 1.54) is 0 Å². The van der Waals surface area contributed by atoms with Crippen molar-refractivity contribution in [1.29, 1.82) is 0 Å². The molecule has 1 atom stereocenters. The molecule has 1 rings (SSSR count). The fourth-order valence-electron chi connectivity index (χ4n) is 1.75. The summed E-state index contributed by atoms with van der Waals surface area (Å²) >= 11 is 5.54. The van der Waals surface area contributed by atoms with Crippen LogP contribution in [-0.2, 0) is 20.9 Å². The van der Waals surface area contributed by atoms with Gasteiger partial charge < -0.3 is 14.8 Å². The summed E-state index contributed by atoms with van der Waals surface area (Å²) in [5.74, 6) is -0.374.